The number of hydrogen-bond acceptors (Lipinski definition) is 4. The van der Waals surface area contributed by atoms with Crippen LogP contribution >= 0.6 is 0 Å². The minimum Gasteiger partial charge on any atom is -0.306 e. The predicted octanol–water partition coefficient (Wildman–Crippen LogP) is 1.93. The highest BCUT2D eigenvalue weighted by Crippen LogP contribution is 2.16. The molecule has 1 atom stereocenters. The highest BCUT2D eigenvalue weighted by atomic mass is 15.2. The van der Waals surface area contributed by atoms with Gasteiger partial charge in [-0.25, -0.2) is 9.97 Å². The molecule has 0 saturated carbocycles. The Morgan fingerprint density at radius 3 is 2.90 bits per heavy atom. The van der Waals surface area contributed by atoms with Crippen molar-refractivity contribution in [2.75, 3.05) is 19.6 Å². The van der Waals surface area contributed by atoms with Crippen LogP contribution in [0.4, 0.5) is 0 Å². The third kappa shape index (κ3) is 3.21. The fourth-order valence-corrected chi connectivity index (χ4v) is 2.66. The van der Waals surface area contributed by atoms with Gasteiger partial charge in [-0.3, -0.25) is 4.90 Å². The molecule has 0 radical (unpaired) electrons. The summed E-state index contributed by atoms with van der Waals surface area (Å²) in [7, 11) is 0. The minimum absolute atomic E-state index is 0.300. The van der Waals surface area contributed by atoms with Gasteiger partial charge in [-0.2, -0.15) is 0 Å². The van der Waals surface area contributed by atoms with Crippen LogP contribution in [0.1, 0.15) is 23.1 Å². The fraction of sp³-hybridized carbons (Fsp3) is 0.375. The number of aryl methyl sites for hydroxylation is 1. The Morgan fingerprint density at radius 1 is 1.25 bits per heavy atom. The number of piperazine rings is 1. The lowest BCUT2D eigenvalue weighted by molar-refractivity contribution is 0.191. The molecule has 1 aliphatic rings. The average molecular weight is 268 g/mol. The van der Waals surface area contributed by atoms with Gasteiger partial charge in [0.2, 0.25) is 0 Å². The largest absolute Gasteiger partial charge is 0.306 e. The summed E-state index contributed by atoms with van der Waals surface area (Å²) in [5.74, 6) is 0.837. The molecule has 0 bridgehead atoms. The molecule has 3 rings (SSSR count). The first-order valence-electron chi connectivity index (χ1n) is 7.10. The molecule has 1 unspecified atom stereocenters. The monoisotopic (exact) mass is 268 g/mol. The van der Waals surface area contributed by atoms with E-state index >= 15 is 0 Å². The van der Waals surface area contributed by atoms with Crippen LogP contribution in [0.2, 0.25) is 0 Å². The summed E-state index contributed by atoms with van der Waals surface area (Å²) >= 11 is 0. The van der Waals surface area contributed by atoms with Gasteiger partial charge in [0.25, 0.3) is 0 Å². The van der Waals surface area contributed by atoms with Crippen molar-refractivity contribution in [1.82, 2.24) is 20.2 Å². The number of benzene rings is 1. The normalized spacial score (nSPS) is 19.9. The Hall–Kier alpha value is -1.78. The summed E-state index contributed by atoms with van der Waals surface area (Å²) in [6.45, 7) is 6.01. The maximum Gasteiger partial charge on any atom is 0.125 e. The zero-order valence-corrected chi connectivity index (χ0v) is 11.8. The lowest BCUT2D eigenvalue weighted by Gasteiger charge is -2.33. The van der Waals surface area contributed by atoms with Gasteiger partial charge >= 0.3 is 0 Å². The second-order valence-electron chi connectivity index (χ2n) is 5.26. The lowest BCUT2D eigenvalue weighted by atomic mass is 10.1. The summed E-state index contributed by atoms with van der Waals surface area (Å²) in [6.07, 6.45) is 1.84. The van der Waals surface area contributed by atoms with Gasteiger partial charge in [-0.1, -0.05) is 30.3 Å². The van der Waals surface area contributed by atoms with Gasteiger partial charge in [0, 0.05) is 32.4 Å². The van der Waals surface area contributed by atoms with E-state index in [0.29, 0.717) is 6.04 Å². The van der Waals surface area contributed by atoms with Crippen molar-refractivity contribution >= 4 is 0 Å². The van der Waals surface area contributed by atoms with Crippen LogP contribution in [0, 0.1) is 6.92 Å². The van der Waals surface area contributed by atoms with Crippen molar-refractivity contribution in [2.45, 2.75) is 19.5 Å². The van der Waals surface area contributed by atoms with E-state index < -0.39 is 0 Å². The van der Waals surface area contributed by atoms with E-state index in [1.165, 1.54) is 5.56 Å². The molecule has 0 amide bonds. The first kappa shape index (κ1) is 13.2. The first-order chi connectivity index (χ1) is 9.81. The van der Waals surface area contributed by atoms with E-state index in [1.807, 2.05) is 19.2 Å². The Kier molecular flexibility index (Phi) is 4.04. The molecule has 1 fully saturated rings. The highest BCUT2D eigenvalue weighted by Gasteiger charge is 2.21. The third-order valence-corrected chi connectivity index (χ3v) is 3.66. The van der Waals surface area contributed by atoms with Crippen molar-refractivity contribution in [1.29, 1.82) is 0 Å². The molecule has 2 heterocycles. The molecule has 1 aromatic carbocycles. The molecule has 1 aromatic heterocycles. The Morgan fingerprint density at radius 2 is 2.10 bits per heavy atom. The van der Waals surface area contributed by atoms with Gasteiger partial charge < -0.3 is 5.32 Å². The summed E-state index contributed by atoms with van der Waals surface area (Å²) < 4.78 is 0. The summed E-state index contributed by atoms with van der Waals surface area (Å²) in [5.41, 5.74) is 2.46. The molecule has 2 aromatic rings. The predicted molar refractivity (Wildman–Crippen MR) is 79.2 cm³/mol. The topological polar surface area (TPSA) is 41.1 Å². The molecule has 104 valence electrons. The van der Waals surface area contributed by atoms with Crippen molar-refractivity contribution in [3.8, 4) is 0 Å². The Bertz CT molecular complexity index is 555. The highest BCUT2D eigenvalue weighted by molar-refractivity contribution is 5.15. The quantitative estimate of drug-likeness (QED) is 0.923. The maximum atomic E-state index is 4.54. The van der Waals surface area contributed by atoms with E-state index in [2.05, 4.69) is 50.5 Å². The molecule has 4 nitrogen and oxygen atoms in total. The van der Waals surface area contributed by atoms with Crippen LogP contribution in [0.3, 0.4) is 0 Å². The minimum atomic E-state index is 0.300. The molecule has 1 N–H and O–H groups in total. The maximum absolute atomic E-state index is 4.54. The molecule has 1 saturated heterocycles. The third-order valence-electron chi connectivity index (χ3n) is 3.66. The number of hydrogen-bond donors (Lipinski definition) is 1. The number of nitrogens with zero attached hydrogens (tertiary/aromatic N) is 3. The molecule has 20 heavy (non-hydrogen) atoms. The molecule has 0 spiro atoms. The van der Waals surface area contributed by atoms with Gasteiger partial charge in [0.1, 0.15) is 5.82 Å². The van der Waals surface area contributed by atoms with E-state index in [9.17, 15) is 0 Å². The zero-order chi connectivity index (χ0) is 13.8. The van der Waals surface area contributed by atoms with E-state index in [-0.39, 0.29) is 0 Å². The molecule has 0 aliphatic carbocycles. The van der Waals surface area contributed by atoms with Gasteiger partial charge in [0.15, 0.2) is 0 Å². The van der Waals surface area contributed by atoms with Crippen molar-refractivity contribution in [3.63, 3.8) is 0 Å². The van der Waals surface area contributed by atoms with E-state index in [4.69, 9.17) is 0 Å². The zero-order valence-electron chi connectivity index (χ0n) is 11.8. The van der Waals surface area contributed by atoms with Crippen LogP contribution in [0.5, 0.6) is 0 Å². The molecular weight excluding hydrogens is 248 g/mol. The second kappa shape index (κ2) is 6.11. The van der Waals surface area contributed by atoms with E-state index in [0.717, 1.165) is 37.7 Å². The molecule has 4 heteroatoms. The number of rotatable bonds is 3. The van der Waals surface area contributed by atoms with Crippen molar-refractivity contribution in [2.24, 2.45) is 0 Å². The van der Waals surface area contributed by atoms with Crippen molar-refractivity contribution in [3.05, 3.63) is 59.7 Å². The van der Waals surface area contributed by atoms with Gasteiger partial charge in [-0.15, -0.1) is 0 Å². The summed E-state index contributed by atoms with van der Waals surface area (Å²) in [5, 5.41) is 3.55. The van der Waals surface area contributed by atoms with Crippen LogP contribution in [0.25, 0.3) is 0 Å². The number of nitrogens with one attached hydrogen (secondary N) is 1. The summed E-state index contributed by atoms with van der Waals surface area (Å²) in [4.78, 5) is 11.2. The molecular formula is C16H20N4. The van der Waals surface area contributed by atoms with Crippen LogP contribution in [-0.4, -0.2) is 34.5 Å². The average Bonchev–Trinajstić information content (AvgIpc) is 2.49. The van der Waals surface area contributed by atoms with Gasteiger partial charge in [-0.05, 0) is 18.6 Å². The number of aromatic nitrogens is 2. The summed E-state index contributed by atoms with van der Waals surface area (Å²) in [6, 6.07) is 12.9. The Balaban J connectivity index is 1.67. The van der Waals surface area contributed by atoms with Crippen molar-refractivity contribution < 1.29 is 0 Å². The first-order valence-corrected chi connectivity index (χ1v) is 7.10. The SMILES string of the molecule is Cc1nccc(C2CN(Cc3ccccc3)CCN2)n1. The van der Waals surface area contributed by atoms with E-state index in [1.54, 1.807) is 0 Å². The van der Waals surface area contributed by atoms with Crippen LogP contribution in [0.15, 0.2) is 42.6 Å². The smallest absolute Gasteiger partial charge is 0.125 e. The van der Waals surface area contributed by atoms with Crippen LogP contribution in [-0.2, 0) is 6.54 Å². The van der Waals surface area contributed by atoms with Crippen LogP contribution < -0.4 is 5.32 Å². The standard InChI is InChI=1S/C16H20N4/c1-13-17-8-7-15(19-13)16-12-20(10-9-18-16)11-14-5-3-2-4-6-14/h2-8,16,18H,9-12H2,1H3. The lowest BCUT2D eigenvalue weighted by Crippen LogP contribution is -2.45. The second-order valence-corrected chi connectivity index (χ2v) is 5.26. The fourth-order valence-electron chi connectivity index (χ4n) is 2.66. The van der Waals surface area contributed by atoms with Gasteiger partial charge in [0.05, 0.1) is 11.7 Å². The Labute approximate surface area is 119 Å². The molecule has 1 aliphatic heterocycles.